The van der Waals surface area contributed by atoms with Crippen LogP contribution in [0.4, 0.5) is 0 Å². The Balaban J connectivity index is 1.80. The molecule has 0 saturated carbocycles. The summed E-state index contributed by atoms with van der Waals surface area (Å²) in [5, 5.41) is 15.6. The van der Waals surface area contributed by atoms with Gasteiger partial charge in [0.2, 0.25) is 0 Å². The number of aliphatic hydroxyl groups excluding tert-OH is 1. The van der Waals surface area contributed by atoms with E-state index in [9.17, 15) is 9.90 Å². The third-order valence-corrected chi connectivity index (χ3v) is 3.38. The van der Waals surface area contributed by atoms with Gasteiger partial charge >= 0.3 is 0 Å². The highest BCUT2D eigenvalue weighted by atomic mass is 16.3. The summed E-state index contributed by atoms with van der Waals surface area (Å²) in [6.45, 7) is 5.13. The molecule has 1 amide bonds. The number of guanidine groups is 1. The molecule has 1 aliphatic heterocycles. The van der Waals surface area contributed by atoms with Crippen LogP contribution in [0.25, 0.3) is 0 Å². The Morgan fingerprint density at radius 1 is 1.55 bits per heavy atom. The molecule has 0 unspecified atom stereocenters. The molecular weight excluding hydrogens is 282 g/mol. The predicted octanol–water partition coefficient (Wildman–Crippen LogP) is -0.156. The summed E-state index contributed by atoms with van der Waals surface area (Å²) < 4.78 is 0. The quantitative estimate of drug-likeness (QED) is 0.400. The monoisotopic (exact) mass is 305 g/mol. The van der Waals surface area contributed by atoms with Crippen LogP contribution in [-0.2, 0) is 0 Å². The van der Waals surface area contributed by atoms with E-state index in [-0.39, 0.29) is 12.0 Å². The van der Waals surface area contributed by atoms with E-state index in [0.717, 1.165) is 25.5 Å². The van der Waals surface area contributed by atoms with Crippen molar-refractivity contribution in [3.63, 3.8) is 0 Å². The maximum absolute atomic E-state index is 11.9. The highest BCUT2D eigenvalue weighted by molar-refractivity contribution is 5.93. The summed E-state index contributed by atoms with van der Waals surface area (Å²) in [5.74, 6) is 0.638. The van der Waals surface area contributed by atoms with Crippen LogP contribution >= 0.6 is 0 Å². The lowest BCUT2D eigenvalue weighted by molar-refractivity contribution is 0.0954. The lowest BCUT2D eigenvalue weighted by Crippen LogP contribution is -2.41. The number of carbonyl (C=O) groups excluding carboxylic acids is 1. The zero-order valence-electron chi connectivity index (χ0n) is 12.8. The minimum absolute atomic E-state index is 0.148. The van der Waals surface area contributed by atoms with Crippen molar-refractivity contribution in [3.05, 3.63) is 30.1 Å². The summed E-state index contributed by atoms with van der Waals surface area (Å²) in [4.78, 5) is 22.3. The Hall–Kier alpha value is -2.15. The van der Waals surface area contributed by atoms with Crippen molar-refractivity contribution in [3.8, 4) is 0 Å². The number of aromatic nitrogens is 1. The van der Waals surface area contributed by atoms with Crippen molar-refractivity contribution in [1.29, 1.82) is 0 Å². The number of amides is 1. The first-order chi connectivity index (χ1) is 10.7. The average Bonchev–Trinajstić information content (AvgIpc) is 2.97. The van der Waals surface area contributed by atoms with Crippen LogP contribution in [0.5, 0.6) is 0 Å². The van der Waals surface area contributed by atoms with E-state index in [4.69, 9.17) is 0 Å². The lowest BCUT2D eigenvalue weighted by Gasteiger charge is -2.20. The normalized spacial score (nSPS) is 18.4. The summed E-state index contributed by atoms with van der Waals surface area (Å²) in [6, 6.07) is 3.45. The van der Waals surface area contributed by atoms with Crippen LogP contribution in [0.1, 0.15) is 23.7 Å². The molecule has 0 bridgehead atoms. The Morgan fingerprint density at radius 2 is 2.41 bits per heavy atom. The molecule has 7 nitrogen and oxygen atoms in total. The number of aliphatic hydroxyl groups is 1. The average molecular weight is 305 g/mol. The molecule has 0 spiro atoms. The van der Waals surface area contributed by atoms with Crippen molar-refractivity contribution in [1.82, 2.24) is 20.5 Å². The number of aliphatic imine (C=N–C) groups is 1. The highest BCUT2D eigenvalue weighted by Gasteiger charge is 2.22. The Morgan fingerprint density at radius 3 is 3.05 bits per heavy atom. The minimum atomic E-state index is -0.283. The van der Waals surface area contributed by atoms with E-state index < -0.39 is 0 Å². The number of carbonyl (C=O) groups is 1. The fraction of sp³-hybridized carbons (Fsp3) is 0.533. The molecule has 0 aromatic carbocycles. The molecule has 1 atom stereocenters. The molecule has 0 aliphatic carbocycles. The Bertz CT molecular complexity index is 506. The third kappa shape index (κ3) is 4.70. The zero-order chi connectivity index (χ0) is 15.8. The topological polar surface area (TPSA) is 89.8 Å². The molecule has 2 heterocycles. The van der Waals surface area contributed by atoms with Crippen molar-refractivity contribution in [2.75, 3.05) is 32.7 Å². The fourth-order valence-corrected chi connectivity index (χ4v) is 2.29. The van der Waals surface area contributed by atoms with Crippen LogP contribution in [-0.4, -0.2) is 65.7 Å². The molecule has 0 radical (unpaired) electrons. The summed E-state index contributed by atoms with van der Waals surface area (Å²) >= 11 is 0. The van der Waals surface area contributed by atoms with Crippen LogP contribution in [0, 0.1) is 0 Å². The zero-order valence-corrected chi connectivity index (χ0v) is 12.8. The van der Waals surface area contributed by atoms with E-state index in [0.29, 0.717) is 25.2 Å². The largest absolute Gasteiger partial charge is 0.391 e. The molecule has 120 valence electrons. The summed E-state index contributed by atoms with van der Waals surface area (Å²) in [7, 11) is 0. The van der Waals surface area contributed by atoms with Gasteiger partial charge in [-0.05, 0) is 25.5 Å². The van der Waals surface area contributed by atoms with Crippen molar-refractivity contribution >= 4 is 11.9 Å². The van der Waals surface area contributed by atoms with E-state index in [1.165, 1.54) is 6.20 Å². The lowest BCUT2D eigenvalue weighted by atomic mass is 10.3. The molecule has 1 saturated heterocycles. The second-order valence-electron chi connectivity index (χ2n) is 5.12. The smallest absolute Gasteiger partial charge is 0.252 e. The number of nitrogens with zero attached hydrogens (tertiary/aromatic N) is 3. The summed E-state index contributed by atoms with van der Waals surface area (Å²) in [6.07, 6.45) is 3.65. The van der Waals surface area contributed by atoms with Gasteiger partial charge in [0.15, 0.2) is 5.96 Å². The van der Waals surface area contributed by atoms with Gasteiger partial charge in [0.25, 0.3) is 5.91 Å². The standard InChI is InChI=1S/C15H23N5O2/c1-2-17-15(20-9-5-13(21)11-20)19-8-7-18-14(22)12-4-3-6-16-10-12/h3-4,6,10,13,21H,2,5,7-9,11H2,1H3,(H,17,19)(H,18,22)/t13-/m1/s1. The first-order valence-corrected chi connectivity index (χ1v) is 7.60. The number of hydrogen-bond donors (Lipinski definition) is 3. The second-order valence-corrected chi connectivity index (χ2v) is 5.12. The summed E-state index contributed by atoms with van der Waals surface area (Å²) in [5.41, 5.74) is 0.543. The first kappa shape index (κ1) is 16.2. The molecule has 7 heteroatoms. The van der Waals surface area contributed by atoms with Gasteiger partial charge < -0.3 is 20.6 Å². The SMILES string of the molecule is CCNC(=NCCNC(=O)c1cccnc1)N1CC[C@@H](O)C1. The fourth-order valence-electron chi connectivity index (χ4n) is 2.29. The maximum atomic E-state index is 11.9. The maximum Gasteiger partial charge on any atom is 0.252 e. The van der Waals surface area contributed by atoms with Crippen LogP contribution < -0.4 is 10.6 Å². The first-order valence-electron chi connectivity index (χ1n) is 7.60. The van der Waals surface area contributed by atoms with Gasteiger partial charge in [-0.1, -0.05) is 0 Å². The van der Waals surface area contributed by atoms with Crippen LogP contribution in [0.3, 0.4) is 0 Å². The third-order valence-electron chi connectivity index (χ3n) is 3.38. The highest BCUT2D eigenvalue weighted by Crippen LogP contribution is 2.08. The van der Waals surface area contributed by atoms with Gasteiger partial charge in [-0.15, -0.1) is 0 Å². The Kier molecular flexibility index (Phi) is 6.14. The molecule has 1 aliphatic rings. The van der Waals surface area contributed by atoms with Gasteiger partial charge in [0.05, 0.1) is 18.2 Å². The van der Waals surface area contributed by atoms with Crippen molar-refractivity contribution < 1.29 is 9.90 Å². The number of nitrogens with one attached hydrogen (secondary N) is 2. The molecule has 1 fully saturated rings. The van der Waals surface area contributed by atoms with Gasteiger partial charge in [-0.3, -0.25) is 14.8 Å². The molecular formula is C15H23N5O2. The predicted molar refractivity (Wildman–Crippen MR) is 84.7 cm³/mol. The molecule has 1 aromatic heterocycles. The number of likely N-dealkylation sites (tertiary alicyclic amines) is 1. The van der Waals surface area contributed by atoms with E-state index in [1.807, 2.05) is 11.8 Å². The van der Waals surface area contributed by atoms with Crippen LogP contribution in [0.2, 0.25) is 0 Å². The van der Waals surface area contributed by atoms with E-state index >= 15 is 0 Å². The van der Waals surface area contributed by atoms with Gasteiger partial charge in [-0.2, -0.15) is 0 Å². The number of β-amino-alcohol motifs (C(OH)–C–C–N with tert-alkyl or cyclic N) is 1. The number of hydrogen-bond acceptors (Lipinski definition) is 4. The number of pyridine rings is 1. The van der Waals surface area contributed by atoms with E-state index in [1.54, 1.807) is 18.3 Å². The van der Waals surface area contributed by atoms with Gasteiger partial charge in [0, 0.05) is 38.6 Å². The second kappa shape index (κ2) is 8.33. The van der Waals surface area contributed by atoms with E-state index in [2.05, 4.69) is 20.6 Å². The minimum Gasteiger partial charge on any atom is -0.391 e. The van der Waals surface area contributed by atoms with Gasteiger partial charge in [-0.25, -0.2) is 0 Å². The van der Waals surface area contributed by atoms with Gasteiger partial charge in [0.1, 0.15) is 0 Å². The van der Waals surface area contributed by atoms with Crippen LogP contribution in [0.15, 0.2) is 29.5 Å². The molecule has 22 heavy (non-hydrogen) atoms. The number of rotatable bonds is 5. The molecule has 2 rings (SSSR count). The van der Waals surface area contributed by atoms with Crippen molar-refractivity contribution in [2.24, 2.45) is 4.99 Å². The van der Waals surface area contributed by atoms with Crippen molar-refractivity contribution in [2.45, 2.75) is 19.4 Å². The Labute approximate surface area is 130 Å². The molecule has 1 aromatic rings. The molecule has 3 N–H and O–H groups in total.